The number of hydrogen-bond donors (Lipinski definition) is 3. The Morgan fingerprint density at radius 1 is 0.824 bits per heavy atom. The van der Waals surface area contributed by atoms with Crippen LogP contribution in [0.5, 0.6) is 40.2 Å². The van der Waals surface area contributed by atoms with Gasteiger partial charge in [0.05, 0.1) is 13.7 Å². The first-order valence-electron chi connectivity index (χ1n) is 16.8. The van der Waals surface area contributed by atoms with Gasteiger partial charge in [-0.1, -0.05) is 6.07 Å². The number of benzene rings is 3. The molecule has 3 aromatic carbocycles. The van der Waals surface area contributed by atoms with E-state index >= 15 is 0 Å². The Bertz CT molecular complexity index is 2020. The highest BCUT2D eigenvalue weighted by Crippen LogP contribution is 2.44. The quantitative estimate of drug-likeness (QED) is 0.218. The molecule has 0 radical (unpaired) electrons. The number of carbonyl (C=O) groups is 2. The number of aliphatic hydroxyl groups is 1. The third-order valence-corrected chi connectivity index (χ3v) is 9.33. The van der Waals surface area contributed by atoms with E-state index in [9.17, 15) is 29.7 Å². The average Bonchev–Trinajstić information content (AvgIpc) is 3.89. The van der Waals surface area contributed by atoms with Gasteiger partial charge in [0.1, 0.15) is 22.5 Å². The molecular weight excluding hydrogens is 664 g/mol. The lowest BCUT2D eigenvalue weighted by Crippen LogP contribution is -2.36. The summed E-state index contributed by atoms with van der Waals surface area (Å²) in [5, 5.41) is 31.5. The third kappa shape index (κ3) is 6.78. The van der Waals surface area contributed by atoms with Crippen LogP contribution in [0.15, 0.2) is 57.7 Å². The molecule has 7 rings (SSSR count). The van der Waals surface area contributed by atoms with Crippen LogP contribution in [0, 0.1) is 0 Å². The molecule has 2 amide bonds. The lowest BCUT2D eigenvalue weighted by molar-refractivity contribution is -0.133. The minimum Gasteiger partial charge on any atom is -0.507 e. The summed E-state index contributed by atoms with van der Waals surface area (Å²) in [6, 6.07) is 12.3. The maximum atomic E-state index is 13.2. The van der Waals surface area contributed by atoms with Crippen LogP contribution in [0.4, 0.5) is 0 Å². The number of likely N-dealkylation sites (tertiary alicyclic amines) is 2. The van der Waals surface area contributed by atoms with Gasteiger partial charge in [-0.3, -0.25) is 14.4 Å². The molecule has 4 aromatic rings. The Hall–Kier alpha value is -5.63. The lowest BCUT2D eigenvalue weighted by Gasteiger charge is -2.33. The third-order valence-electron chi connectivity index (χ3n) is 9.33. The molecule has 2 unspecified atom stereocenters. The number of methoxy groups -OCH3 is 1. The number of aromatic hydroxyl groups is 2. The highest BCUT2D eigenvalue weighted by Gasteiger charge is 2.34. The highest BCUT2D eigenvalue weighted by atomic mass is 16.6. The molecule has 14 heteroatoms. The lowest BCUT2D eigenvalue weighted by atomic mass is 10.0. The molecule has 2 saturated heterocycles. The van der Waals surface area contributed by atoms with Gasteiger partial charge in [-0.05, 0) is 56.0 Å². The second-order valence-electron chi connectivity index (χ2n) is 12.6. The predicted molar refractivity (Wildman–Crippen MR) is 182 cm³/mol. The number of phenols is 1. The van der Waals surface area contributed by atoms with Gasteiger partial charge < -0.3 is 53.2 Å². The fourth-order valence-corrected chi connectivity index (χ4v) is 6.62. The fraction of sp³-hybridized carbons (Fsp3) is 0.378. The molecular formula is C37H38N2O12. The number of rotatable bonds is 10. The van der Waals surface area contributed by atoms with Crippen LogP contribution >= 0.6 is 0 Å². The summed E-state index contributed by atoms with van der Waals surface area (Å²) in [6.07, 6.45) is 2.20. The summed E-state index contributed by atoms with van der Waals surface area (Å²) in [4.78, 5) is 41.7. The van der Waals surface area contributed by atoms with Crippen LogP contribution in [-0.4, -0.2) is 96.1 Å². The molecule has 14 nitrogen and oxygen atoms in total. The molecule has 0 bridgehead atoms. The summed E-state index contributed by atoms with van der Waals surface area (Å²) in [7, 11) is 1.48. The van der Waals surface area contributed by atoms with Gasteiger partial charge in [-0.25, -0.2) is 0 Å². The van der Waals surface area contributed by atoms with Crippen molar-refractivity contribution in [2.45, 2.75) is 37.9 Å². The molecule has 1 aromatic heterocycles. The monoisotopic (exact) mass is 702 g/mol. The predicted octanol–water partition coefficient (Wildman–Crippen LogP) is 3.76. The number of hydrogen-bond acceptors (Lipinski definition) is 12. The van der Waals surface area contributed by atoms with E-state index in [4.69, 9.17) is 28.1 Å². The van der Waals surface area contributed by atoms with Crippen molar-refractivity contribution in [2.24, 2.45) is 0 Å². The van der Waals surface area contributed by atoms with Gasteiger partial charge >= 0.3 is 0 Å². The van der Waals surface area contributed by atoms with Crippen molar-refractivity contribution in [1.29, 1.82) is 0 Å². The first kappa shape index (κ1) is 33.8. The first-order chi connectivity index (χ1) is 24.7. The topological polar surface area (TPSA) is 178 Å². The molecule has 0 aliphatic carbocycles. The Labute approximate surface area is 292 Å². The normalized spacial score (nSPS) is 18.2. The van der Waals surface area contributed by atoms with E-state index < -0.39 is 29.1 Å². The molecule has 3 aliphatic heterocycles. The summed E-state index contributed by atoms with van der Waals surface area (Å²) < 4.78 is 35.4. The van der Waals surface area contributed by atoms with Gasteiger partial charge in [0.2, 0.25) is 11.2 Å². The zero-order valence-electron chi connectivity index (χ0n) is 28.0. The number of nitrogens with zero attached hydrogens (tertiary/aromatic N) is 2. The maximum Gasteiger partial charge on any atom is 0.260 e. The zero-order chi connectivity index (χ0) is 35.6. The number of aliphatic hydroxyl groups excluding tert-OH is 1. The van der Waals surface area contributed by atoms with Gasteiger partial charge in [-0.2, -0.15) is 0 Å². The van der Waals surface area contributed by atoms with Gasteiger partial charge in [0.15, 0.2) is 54.2 Å². The molecule has 4 heterocycles. The van der Waals surface area contributed by atoms with Gasteiger partial charge in [-0.15, -0.1) is 0 Å². The van der Waals surface area contributed by atoms with Crippen molar-refractivity contribution in [1.82, 2.24) is 9.80 Å². The Morgan fingerprint density at radius 3 is 2.18 bits per heavy atom. The zero-order valence-corrected chi connectivity index (χ0v) is 28.0. The highest BCUT2D eigenvalue weighted by molar-refractivity contribution is 5.88. The smallest absolute Gasteiger partial charge is 0.260 e. The molecule has 3 N–H and O–H groups in total. The number of fused-ring (bicyclic) bond motifs is 2. The van der Waals surface area contributed by atoms with Crippen molar-refractivity contribution in [2.75, 3.05) is 53.1 Å². The minimum absolute atomic E-state index is 0.0685. The molecule has 2 fully saturated rings. The van der Waals surface area contributed by atoms with E-state index in [-0.39, 0.29) is 65.4 Å². The Morgan fingerprint density at radius 2 is 1.51 bits per heavy atom. The van der Waals surface area contributed by atoms with Crippen LogP contribution in [0.1, 0.15) is 37.4 Å². The minimum atomic E-state index is -0.868. The average molecular weight is 703 g/mol. The van der Waals surface area contributed by atoms with Crippen LogP contribution in [-0.2, 0) is 9.59 Å². The van der Waals surface area contributed by atoms with Crippen LogP contribution in [0.2, 0.25) is 0 Å². The molecule has 51 heavy (non-hydrogen) atoms. The number of carbonyl (C=O) groups excluding carboxylic acids is 2. The van der Waals surface area contributed by atoms with Crippen molar-refractivity contribution >= 4 is 22.8 Å². The summed E-state index contributed by atoms with van der Waals surface area (Å²) in [6.45, 7) is 2.01. The van der Waals surface area contributed by atoms with Crippen LogP contribution in [0.25, 0.3) is 22.3 Å². The summed E-state index contributed by atoms with van der Waals surface area (Å²) in [5.74, 6) is -0.320. The number of amides is 2. The van der Waals surface area contributed by atoms with E-state index in [2.05, 4.69) is 0 Å². The molecule has 3 aliphatic rings. The van der Waals surface area contributed by atoms with Crippen LogP contribution < -0.4 is 29.1 Å². The van der Waals surface area contributed by atoms with Crippen molar-refractivity contribution < 1.29 is 53.0 Å². The van der Waals surface area contributed by atoms with Crippen molar-refractivity contribution in [3.63, 3.8) is 0 Å². The van der Waals surface area contributed by atoms with Gasteiger partial charge in [0.25, 0.3) is 11.8 Å². The van der Waals surface area contributed by atoms with E-state index in [1.807, 2.05) is 0 Å². The van der Waals surface area contributed by atoms with Crippen molar-refractivity contribution in [3.05, 3.63) is 64.3 Å². The van der Waals surface area contributed by atoms with E-state index in [0.29, 0.717) is 35.9 Å². The number of ether oxygens (including phenoxy) is 5. The largest absolute Gasteiger partial charge is 0.507 e. The first-order valence-corrected chi connectivity index (χ1v) is 16.8. The van der Waals surface area contributed by atoms with E-state index in [1.54, 1.807) is 40.1 Å². The van der Waals surface area contributed by atoms with E-state index in [0.717, 1.165) is 38.8 Å². The number of phenolic OH excluding ortho intramolecular Hbond substituents is 1. The molecule has 2 atom stereocenters. The second-order valence-corrected chi connectivity index (χ2v) is 12.6. The van der Waals surface area contributed by atoms with Crippen LogP contribution in [0.3, 0.4) is 0 Å². The summed E-state index contributed by atoms with van der Waals surface area (Å²) >= 11 is 0. The standard InChI is InChI=1S/C37H38N2O12/c1-46-27-14-21(6-8-25(27)48-20-32(43)39-12-4-5-13-39)36-30(18-40)49-26-9-7-22(15-28(26)50-36)37-35(45)34(44)33-24(41)16-23(17-29(33)51-37)47-19-31(42)38-10-2-3-11-38/h6-9,14-17,30,36,40-41,45H,2-5,10-13,18-20H2,1H3. The van der Waals surface area contributed by atoms with Gasteiger partial charge in [0, 0.05) is 49.4 Å². The SMILES string of the molecule is COc1cc(C2Oc3cc(-c4oc5cc(OCC(=O)N6CCCC6)cc(O)c5c(=O)c4O)ccc3OC2CO)ccc1OCC(=O)N1CCCC1. The Kier molecular flexibility index (Phi) is 9.50. The molecule has 0 spiro atoms. The second kappa shape index (κ2) is 14.3. The molecule has 268 valence electrons. The van der Waals surface area contributed by atoms with E-state index in [1.165, 1.54) is 25.3 Å². The Balaban J connectivity index is 1.14. The maximum absolute atomic E-state index is 13.2. The fourth-order valence-electron chi connectivity index (χ4n) is 6.62. The summed E-state index contributed by atoms with van der Waals surface area (Å²) in [5.41, 5.74) is -0.0882. The van der Waals surface area contributed by atoms with Crippen molar-refractivity contribution in [3.8, 4) is 51.6 Å². The molecule has 0 saturated carbocycles.